The SMILES string of the molecule is COc1ccc2cnn(C)c2c1NSc1cnn(-c2cc(C)c(C(=O)N3CCN(C)CC3)cn2)c1. The molecule has 35 heavy (non-hydrogen) atoms. The number of piperazine rings is 1. The van der Waals surface area contributed by atoms with Crippen molar-refractivity contribution in [2.24, 2.45) is 7.05 Å². The van der Waals surface area contributed by atoms with Crippen LogP contribution in [-0.4, -0.2) is 80.6 Å². The molecule has 1 amide bonds. The lowest BCUT2D eigenvalue weighted by Gasteiger charge is -2.32. The molecule has 1 fully saturated rings. The molecule has 4 heterocycles. The molecule has 5 rings (SSSR count). The summed E-state index contributed by atoms with van der Waals surface area (Å²) in [5.41, 5.74) is 3.33. The highest BCUT2D eigenvalue weighted by atomic mass is 32.2. The molecule has 1 aliphatic rings. The first-order valence-electron chi connectivity index (χ1n) is 11.4. The smallest absolute Gasteiger partial charge is 0.255 e. The van der Waals surface area contributed by atoms with Gasteiger partial charge in [0.2, 0.25) is 0 Å². The van der Waals surface area contributed by atoms with E-state index in [1.165, 1.54) is 11.9 Å². The van der Waals surface area contributed by atoms with Crippen molar-refractivity contribution in [3.63, 3.8) is 0 Å². The Morgan fingerprint density at radius 1 is 1.09 bits per heavy atom. The molecule has 0 radical (unpaired) electrons. The third kappa shape index (κ3) is 4.56. The summed E-state index contributed by atoms with van der Waals surface area (Å²) in [6, 6.07) is 5.81. The zero-order valence-electron chi connectivity index (χ0n) is 20.2. The summed E-state index contributed by atoms with van der Waals surface area (Å²) < 4.78 is 12.5. The maximum Gasteiger partial charge on any atom is 0.255 e. The first kappa shape index (κ1) is 23.2. The zero-order chi connectivity index (χ0) is 24.5. The lowest BCUT2D eigenvalue weighted by molar-refractivity contribution is 0.0663. The van der Waals surface area contributed by atoms with Crippen LogP contribution in [0, 0.1) is 6.92 Å². The van der Waals surface area contributed by atoms with Gasteiger partial charge in [0.05, 0.1) is 35.5 Å². The van der Waals surface area contributed by atoms with E-state index in [1.807, 2.05) is 54.1 Å². The van der Waals surface area contributed by atoms with Crippen LogP contribution in [0.3, 0.4) is 0 Å². The fraction of sp³-hybridized carbons (Fsp3) is 0.333. The highest BCUT2D eigenvalue weighted by molar-refractivity contribution is 8.00. The molecule has 1 aliphatic heterocycles. The number of anilines is 1. The van der Waals surface area contributed by atoms with E-state index in [2.05, 4.69) is 31.9 Å². The van der Waals surface area contributed by atoms with E-state index in [1.54, 1.807) is 24.2 Å². The number of nitrogens with zero attached hydrogens (tertiary/aromatic N) is 7. The number of amides is 1. The number of hydrogen-bond acceptors (Lipinski definition) is 8. The van der Waals surface area contributed by atoms with E-state index in [0.717, 1.165) is 59.0 Å². The molecule has 3 aromatic heterocycles. The van der Waals surface area contributed by atoms with Crippen molar-refractivity contribution < 1.29 is 9.53 Å². The Bertz CT molecular complexity index is 1370. The minimum atomic E-state index is 0.0360. The molecule has 0 unspecified atom stereocenters. The molecule has 182 valence electrons. The van der Waals surface area contributed by atoms with Crippen LogP contribution in [0.4, 0.5) is 5.69 Å². The lowest BCUT2D eigenvalue weighted by Crippen LogP contribution is -2.47. The van der Waals surface area contributed by atoms with Crippen LogP contribution in [0.25, 0.3) is 16.7 Å². The van der Waals surface area contributed by atoms with Gasteiger partial charge >= 0.3 is 0 Å². The average Bonchev–Trinajstić information content (AvgIpc) is 3.49. The Kier molecular flexibility index (Phi) is 6.35. The van der Waals surface area contributed by atoms with Crippen molar-refractivity contribution in [3.05, 3.63) is 54.1 Å². The minimum absolute atomic E-state index is 0.0360. The standard InChI is InChI=1S/C24H28N8O2S/c1-16-11-21(25-14-19(16)24(33)31-9-7-29(2)8-10-31)32-15-18(13-27-32)35-28-22-20(34-4)6-5-17-12-26-30(3)23(17)22/h5-6,11-15,28H,7-10H2,1-4H3. The Morgan fingerprint density at radius 3 is 2.63 bits per heavy atom. The average molecular weight is 493 g/mol. The number of aryl methyl sites for hydroxylation is 2. The van der Waals surface area contributed by atoms with Gasteiger partial charge in [0.1, 0.15) is 11.4 Å². The maximum absolute atomic E-state index is 13.0. The highest BCUT2D eigenvalue weighted by Crippen LogP contribution is 2.36. The van der Waals surface area contributed by atoms with Crippen LogP contribution in [0.15, 0.2) is 47.9 Å². The molecular weight excluding hydrogens is 464 g/mol. The Morgan fingerprint density at radius 2 is 1.89 bits per heavy atom. The molecule has 0 saturated carbocycles. The van der Waals surface area contributed by atoms with Crippen molar-refractivity contribution in [2.75, 3.05) is 45.1 Å². The van der Waals surface area contributed by atoms with Crippen molar-refractivity contribution in [1.82, 2.24) is 34.3 Å². The summed E-state index contributed by atoms with van der Waals surface area (Å²) in [6.07, 6.45) is 7.16. The van der Waals surface area contributed by atoms with E-state index in [-0.39, 0.29) is 5.91 Å². The van der Waals surface area contributed by atoms with Gasteiger partial charge in [-0.1, -0.05) is 0 Å². The van der Waals surface area contributed by atoms with Crippen LogP contribution >= 0.6 is 11.9 Å². The number of nitrogens with one attached hydrogen (secondary N) is 1. The van der Waals surface area contributed by atoms with Gasteiger partial charge in [0.15, 0.2) is 5.82 Å². The van der Waals surface area contributed by atoms with Crippen molar-refractivity contribution >= 4 is 34.4 Å². The second kappa shape index (κ2) is 9.59. The fourth-order valence-corrected chi connectivity index (χ4v) is 4.85. The minimum Gasteiger partial charge on any atom is -0.494 e. The maximum atomic E-state index is 13.0. The largest absolute Gasteiger partial charge is 0.494 e. The number of benzene rings is 1. The fourth-order valence-electron chi connectivity index (χ4n) is 4.18. The number of fused-ring (bicyclic) bond motifs is 1. The molecule has 10 nitrogen and oxygen atoms in total. The molecule has 0 atom stereocenters. The number of pyridine rings is 1. The summed E-state index contributed by atoms with van der Waals surface area (Å²) in [5, 5.41) is 9.84. The van der Waals surface area contributed by atoms with Crippen LogP contribution in [0.5, 0.6) is 5.75 Å². The van der Waals surface area contributed by atoms with Gasteiger partial charge in [-0.2, -0.15) is 10.2 Å². The predicted molar refractivity (Wildman–Crippen MR) is 136 cm³/mol. The Labute approximate surface area is 208 Å². The molecule has 0 bridgehead atoms. The molecule has 1 N–H and O–H groups in total. The Hall–Kier alpha value is -3.57. The van der Waals surface area contributed by atoms with Crippen LogP contribution in [0.1, 0.15) is 15.9 Å². The van der Waals surface area contributed by atoms with E-state index in [0.29, 0.717) is 11.4 Å². The summed E-state index contributed by atoms with van der Waals surface area (Å²) in [4.78, 5) is 22.5. The van der Waals surface area contributed by atoms with Gasteiger partial charge in [-0.25, -0.2) is 9.67 Å². The van der Waals surface area contributed by atoms with E-state index in [9.17, 15) is 4.79 Å². The molecular formula is C24H28N8O2S. The number of carbonyl (C=O) groups excluding carboxylic acids is 1. The summed E-state index contributed by atoms with van der Waals surface area (Å²) in [6.45, 7) is 5.19. The quantitative estimate of drug-likeness (QED) is 0.411. The van der Waals surface area contributed by atoms with Gasteiger partial charge in [-0.15, -0.1) is 0 Å². The summed E-state index contributed by atoms with van der Waals surface area (Å²) >= 11 is 1.43. The van der Waals surface area contributed by atoms with Gasteiger partial charge in [0, 0.05) is 51.0 Å². The number of rotatable bonds is 6. The van der Waals surface area contributed by atoms with Crippen molar-refractivity contribution in [3.8, 4) is 11.6 Å². The van der Waals surface area contributed by atoms with Gasteiger partial charge < -0.3 is 19.3 Å². The topological polar surface area (TPSA) is 93.3 Å². The number of ether oxygens (including phenoxy) is 1. The second-order valence-electron chi connectivity index (χ2n) is 8.63. The number of carbonyl (C=O) groups is 1. The normalized spacial score (nSPS) is 14.5. The third-order valence-corrected chi connectivity index (χ3v) is 7.02. The number of methoxy groups -OCH3 is 1. The second-order valence-corrected chi connectivity index (χ2v) is 9.51. The molecule has 1 aromatic carbocycles. The van der Waals surface area contributed by atoms with E-state index < -0.39 is 0 Å². The molecule has 4 aromatic rings. The van der Waals surface area contributed by atoms with Gasteiger partial charge in [-0.05, 0) is 49.7 Å². The zero-order valence-corrected chi connectivity index (χ0v) is 21.0. The number of aromatic nitrogens is 5. The summed E-state index contributed by atoms with van der Waals surface area (Å²) in [7, 11) is 5.63. The lowest BCUT2D eigenvalue weighted by atomic mass is 10.1. The summed E-state index contributed by atoms with van der Waals surface area (Å²) in [5.74, 6) is 1.43. The molecule has 0 spiro atoms. The van der Waals surface area contributed by atoms with Crippen LogP contribution < -0.4 is 9.46 Å². The van der Waals surface area contributed by atoms with Crippen molar-refractivity contribution in [2.45, 2.75) is 11.8 Å². The molecule has 11 heteroatoms. The number of hydrogen-bond donors (Lipinski definition) is 1. The van der Waals surface area contributed by atoms with Crippen LogP contribution in [0.2, 0.25) is 0 Å². The first-order chi connectivity index (χ1) is 16.9. The first-order valence-corrected chi connectivity index (χ1v) is 12.2. The van der Waals surface area contributed by atoms with Gasteiger partial charge in [-0.3, -0.25) is 9.48 Å². The highest BCUT2D eigenvalue weighted by Gasteiger charge is 2.22. The third-order valence-electron chi connectivity index (χ3n) is 6.27. The van der Waals surface area contributed by atoms with E-state index >= 15 is 0 Å². The Balaban J connectivity index is 1.31. The predicted octanol–water partition coefficient (Wildman–Crippen LogP) is 2.98. The van der Waals surface area contributed by atoms with Gasteiger partial charge in [0.25, 0.3) is 5.91 Å². The molecule has 1 saturated heterocycles. The van der Waals surface area contributed by atoms with Crippen LogP contribution in [-0.2, 0) is 7.05 Å². The number of likely N-dealkylation sites (N-methyl/N-ethyl adjacent to an activating group) is 1. The van der Waals surface area contributed by atoms with E-state index in [4.69, 9.17) is 4.74 Å². The van der Waals surface area contributed by atoms with Crippen molar-refractivity contribution in [1.29, 1.82) is 0 Å². The molecule has 0 aliphatic carbocycles. The monoisotopic (exact) mass is 492 g/mol.